The van der Waals surface area contributed by atoms with Crippen LogP contribution in [0.1, 0.15) is 36.8 Å². The van der Waals surface area contributed by atoms with Crippen LogP contribution in [0.4, 0.5) is 0 Å². The van der Waals surface area contributed by atoms with Crippen molar-refractivity contribution in [3.05, 3.63) is 39.0 Å². The van der Waals surface area contributed by atoms with Crippen molar-refractivity contribution in [3.8, 4) is 10.6 Å². The van der Waals surface area contributed by atoms with Crippen LogP contribution in [0.25, 0.3) is 21.6 Å². The molecule has 4 rings (SSSR count). The van der Waals surface area contributed by atoms with Gasteiger partial charge in [-0.1, -0.05) is 18.9 Å². The van der Waals surface area contributed by atoms with E-state index in [1.807, 2.05) is 0 Å². The summed E-state index contributed by atoms with van der Waals surface area (Å²) in [6.07, 6.45) is 6.86. The first-order valence-electron chi connectivity index (χ1n) is 7.50. The maximum Gasteiger partial charge on any atom is 0.273 e. The van der Waals surface area contributed by atoms with Crippen LogP contribution in [0.3, 0.4) is 0 Å². The summed E-state index contributed by atoms with van der Waals surface area (Å²) in [6, 6.07) is 4.17. The highest BCUT2D eigenvalue weighted by Gasteiger charge is 2.20. The third-order valence-corrected chi connectivity index (χ3v) is 5.17. The average molecular weight is 299 g/mol. The lowest BCUT2D eigenvalue weighted by Gasteiger charge is -2.17. The maximum atomic E-state index is 12.1. The molecule has 0 spiro atoms. The SMILES string of the molecule is O=c1[nH][nH]c2nc(-c3cccs3)c3c(c12)CCCCCC3. The lowest BCUT2D eigenvalue weighted by molar-refractivity contribution is 0.618. The average Bonchev–Trinajstić information content (AvgIpc) is 3.09. The van der Waals surface area contributed by atoms with Gasteiger partial charge in [0.15, 0.2) is 5.65 Å². The molecule has 3 aromatic heterocycles. The molecule has 0 unspecified atom stereocenters. The van der Waals surface area contributed by atoms with Gasteiger partial charge < -0.3 is 0 Å². The van der Waals surface area contributed by atoms with E-state index in [1.165, 1.54) is 35.3 Å². The topological polar surface area (TPSA) is 61.5 Å². The Hall–Kier alpha value is -1.88. The minimum absolute atomic E-state index is 0.0351. The summed E-state index contributed by atoms with van der Waals surface area (Å²) in [5.74, 6) is 0. The van der Waals surface area contributed by atoms with Crippen LogP contribution in [0.2, 0.25) is 0 Å². The van der Waals surface area contributed by atoms with E-state index in [2.05, 4.69) is 27.7 Å². The van der Waals surface area contributed by atoms with Gasteiger partial charge in [0, 0.05) is 0 Å². The fourth-order valence-electron chi connectivity index (χ4n) is 3.30. The molecule has 2 N–H and O–H groups in total. The van der Waals surface area contributed by atoms with E-state index >= 15 is 0 Å². The Bertz CT molecular complexity index is 829. The quantitative estimate of drug-likeness (QED) is 0.720. The molecule has 0 radical (unpaired) electrons. The van der Waals surface area contributed by atoms with Gasteiger partial charge in [-0.3, -0.25) is 15.0 Å². The molecule has 1 aliphatic carbocycles. The smallest absolute Gasteiger partial charge is 0.273 e. The standard InChI is InChI=1S/C16H17N3OS/c20-16-13-10-6-3-1-2-4-7-11(10)14(12-8-5-9-21-12)17-15(13)18-19-16/h5,8-9H,1-4,6-7H2,(H2,17,18,19,20). The van der Waals surface area contributed by atoms with Crippen molar-refractivity contribution in [2.45, 2.75) is 38.5 Å². The minimum atomic E-state index is -0.0351. The predicted molar refractivity (Wildman–Crippen MR) is 85.9 cm³/mol. The van der Waals surface area contributed by atoms with Gasteiger partial charge in [0.05, 0.1) is 16.0 Å². The van der Waals surface area contributed by atoms with Crippen molar-refractivity contribution in [1.29, 1.82) is 0 Å². The zero-order chi connectivity index (χ0) is 14.2. The Labute approximate surface area is 126 Å². The number of pyridine rings is 1. The molecule has 0 atom stereocenters. The molecule has 21 heavy (non-hydrogen) atoms. The zero-order valence-electron chi connectivity index (χ0n) is 11.7. The number of hydrogen-bond acceptors (Lipinski definition) is 3. The Kier molecular flexibility index (Phi) is 3.15. The van der Waals surface area contributed by atoms with Crippen molar-refractivity contribution >= 4 is 22.4 Å². The Morgan fingerprint density at radius 3 is 2.62 bits per heavy atom. The van der Waals surface area contributed by atoms with Crippen LogP contribution in [-0.4, -0.2) is 15.2 Å². The van der Waals surface area contributed by atoms with Crippen molar-refractivity contribution in [2.24, 2.45) is 0 Å². The van der Waals surface area contributed by atoms with E-state index in [4.69, 9.17) is 4.98 Å². The second kappa shape index (κ2) is 5.15. The molecule has 3 aromatic rings. The van der Waals surface area contributed by atoms with Gasteiger partial charge in [-0.15, -0.1) is 11.3 Å². The van der Waals surface area contributed by atoms with Gasteiger partial charge in [-0.05, 0) is 48.3 Å². The third kappa shape index (κ3) is 2.12. The summed E-state index contributed by atoms with van der Waals surface area (Å²) >= 11 is 1.71. The molecule has 0 bridgehead atoms. The summed E-state index contributed by atoms with van der Waals surface area (Å²) in [7, 11) is 0. The van der Waals surface area contributed by atoms with Crippen LogP contribution >= 0.6 is 11.3 Å². The van der Waals surface area contributed by atoms with E-state index in [1.54, 1.807) is 11.3 Å². The van der Waals surface area contributed by atoms with Gasteiger partial charge in [-0.25, -0.2) is 4.98 Å². The second-order valence-corrected chi connectivity index (χ2v) is 6.56. The monoisotopic (exact) mass is 299 g/mol. The summed E-state index contributed by atoms with van der Waals surface area (Å²) < 4.78 is 0. The van der Waals surface area contributed by atoms with Crippen LogP contribution in [-0.2, 0) is 12.8 Å². The normalized spacial score (nSPS) is 15.6. The molecule has 0 aliphatic heterocycles. The highest BCUT2D eigenvalue weighted by molar-refractivity contribution is 7.13. The van der Waals surface area contributed by atoms with Crippen LogP contribution in [0.5, 0.6) is 0 Å². The Morgan fingerprint density at radius 2 is 1.86 bits per heavy atom. The summed E-state index contributed by atoms with van der Waals surface area (Å²) in [6.45, 7) is 0. The predicted octanol–water partition coefficient (Wildman–Crippen LogP) is 3.64. The molecule has 5 heteroatoms. The van der Waals surface area contributed by atoms with Crippen molar-refractivity contribution in [1.82, 2.24) is 15.2 Å². The van der Waals surface area contributed by atoms with Crippen molar-refractivity contribution in [3.63, 3.8) is 0 Å². The van der Waals surface area contributed by atoms with Crippen molar-refractivity contribution in [2.75, 3.05) is 0 Å². The van der Waals surface area contributed by atoms with Gasteiger partial charge >= 0.3 is 0 Å². The number of fused-ring (bicyclic) bond motifs is 3. The molecule has 1 aliphatic rings. The Balaban J connectivity index is 2.05. The van der Waals surface area contributed by atoms with E-state index in [9.17, 15) is 4.79 Å². The molecule has 0 fully saturated rings. The first kappa shape index (κ1) is 12.8. The maximum absolute atomic E-state index is 12.1. The summed E-state index contributed by atoms with van der Waals surface area (Å²) in [5, 5.41) is 8.48. The first-order valence-corrected chi connectivity index (χ1v) is 8.38. The highest BCUT2D eigenvalue weighted by atomic mass is 32.1. The van der Waals surface area contributed by atoms with Gasteiger partial charge in [0.2, 0.25) is 0 Å². The fraction of sp³-hybridized carbons (Fsp3) is 0.375. The molecule has 0 saturated carbocycles. The second-order valence-electron chi connectivity index (χ2n) is 5.61. The zero-order valence-corrected chi connectivity index (χ0v) is 12.6. The minimum Gasteiger partial charge on any atom is -0.281 e. The number of nitrogens with zero attached hydrogens (tertiary/aromatic N) is 1. The van der Waals surface area contributed by atoms with Crippen LogP contribution < -0.4 is 5.56 Å². The van der Waals surface area contributed by atoms with Gasteiger partial charge in [0.25, 0.3) is 5.56 Å². The number of aryl methyl sites for hydroxylation is 1. The number of thiophene rings is 1. The molecule has 0 aromatic carbocycles. The largest absolute Gasteiger partial charge is 0.281 e. The molecular formula is C16H17N3OS. The highest BCUT2D eigenvalue weighted by Crippen LogP contribution is 2.34. The van der Waals surface area contributed by atoms with E-state index in [-0.39, 0.29) is 5.56 Å². The van der Waals surface area contributed by atoms with E-state index in [0.717, 1.165) is 30.3 Å². The molecule has 108 valence electrons. The van der Waals surface area contributed by atoms with Crippen LogP contribution in [0, 0.1) is 0 Å². The van der Waals surface area contributed by atoms with Gasteiger partial charge in [-0.2, -0.15) is 0 Å². The number of aromatic amines is 2. The number of aromatic nitrogens is 3. The van der Waals surface area contributed by atoms with Crippen LogP contribution in [0.15, 0.2) is 22.3 Å². The number of hydrogen-bond donors (Lipinski definition) is 2. The molecule has 3 heterocycles. The molecule has 0 amide bonds. The lowest BCUT2D eigenvalue weighted by Crippen LogP contribution is -2.08. The fourth-order valence-corrected chi connectivity index (χ4v) is 4.05. The number of H-pyrrole nitrogens is 2. The first-order chi connectivity index (χ1) is 10.3. The molecule has 0 saturated heterocycles. The Morgan fingerprint density at radius 1 is 1.05 bits per heavy atom. The number of rotatable bonds is 1. The summed E-state index contributed by atoms with van der Waals surface area (Å²) in [4.78, 5) is 18.1. The third-order valence-electron chi connectivity index (χ3n) is 4.29. The van der Waals surface area contributed by atoms with Crippen molar-refractivity contribution < 1.29 is 0 Å². The number of nitrogens with one attached hydrogen (secondary N) is 2. The molecule has 4 nitrogen and oxygen atoms in total. The molecular weight excluding hydrogens is 282 g/mol. The summed E-state index contributed by atoms with van der Waals surface area (Å²) in [5.41, 5.74) is 4.22. The van der Waals surface area contributed by atoms with E-state index in [0.29, 0.717) is 5.65 Å². The van der Waals surface area contributed by atoms with Gasteiger partial charge in [0.1, 0.15) is 0 Å². The lowest BCUT2D eigenvalue weighted by atomic mass is 9.90. The van der Waals surface area contributed by atoms with E-state index < -0.39 is 0 Å².